The molecular weight excluding hydrogens is 350 g/mol. The number of nitrogens with one attached hydrogen (secondary N) is 1. The molecule has 1 radical (unpaired) electrons. The van der Waals surface area contributed by atoms with Crippen LogP contribution in [0, 0.1) is 18.8 Å². The summed E-state index contributed by atoms with van der Waals surface area (Å²) in [5, 5.41) is 22.0. The molecule has 0 aromatic heterocycles. The maximum Gasteiger partial charge on any atom is 0.199 e. The van der Waals surface area contributed by atoms with Crippen LogP contribution < -0.4 is 5.32 Å². The molecule has 2 aromatic carbocycles. The molecule has 0 aliphatic rings. The van der Waals surface area contributed by atoms with Crippen LogP contribution in [0.25, 0.3) is 0 Å². The van der Waals surface area contributed by atoms with E-state index in [1.165, 1.54) is 24.3 Å². The molecule has 0 saturated heterocycles. The van der Waals surface area contributed by atoms with Crippen LogP contribution in [-0.4, -0.2) is 24.0 Å². The molecule has 0 fully saturated rings. The number of benzene rings is 2. The van der Waals surface area contributed by atoms with Crippen molar-refractivity contribution in [2.24, 2.45) is 11.8 Å². The van der Waals surface area contributed by atoms with Crippen molar-refractivity contribution < 1.29 is 18.6 Å². The van der Waals surface area contributed by atoms with Crippen molar-refractivity contribution in [3.63, 3.8) is 0 Å². The van der Waals surface area contributed by atoms with Crippen LogP contribution in [0.2, 0.25) is 0 Å². The third kappa shape index (κ3) is 4.49. The van der Waals surface area contributed by atoms with E-state index >= 15 is 0 Å². The summed E-state index contributed by atoms with van der Waals surface area (Å²) >= 11 is 0. The minimum atomic E-state index is -3.71. The topological polar surface area (TPSA) is 86.6 Å². The Morgan fingerprint density at radius 1 is 1.04 bits per heavy atom. The van der Waals surface area contributed by atoms with Crippen molar-refractivity contribution in [1.82, 2.24) is 0 Å². The second kappa shape index (κ2) is 7.99. The van der Waals surface area contributed by atoms with Gasteiger partial charge in [-0.1, -0.05) is 39.8 Å². The second-order valence-corrected chi connectivity index (χ2v) is 9.04. The Kier molecular flexibility index (Phi) is 6.18. The zero-order chi connectivity index (χ0) is 19.5. The summed E-state index contributed by atoms with van der Waals surface area (Å²) in [6.07, 6.45) is 0.596. The van der Waals surface area contributed by atoms with Crippen molar-refractivity contribution in [3.05, 3.63) is 55.0 Å². The number of anilines is 1. The van der Waals surface area contributed by atoms with E-state index in [1.54, 1.807) is 32.0 Å². The average molecular weight is 376 g/mol. The molecular formula is C20H26NO4S. The Balaban J connectivity index is 2.39. The first-order valence-electron chi connectivity index (χ1n) is 8.56. The molecule has 0 heterocycles. The summed E-state index contributed by atoms with van der Waals surface area (Å²) in [4.78, 5) is 0.114. The molecule has 141 valence electrons. The van der Waals surface area contributed by atoms with Gasteiger partial charge in [0.1, 0.15) is 16.9 Å². The van der Waals surface area contributed by atoms with Gasteiger partial charge < -0.3 is 15.5 Å². The number of aromatic hydroxyl groups is 2. The van der Waals surface area contributed by atoms with E-state index < -0.39 is 15.2 Å². The van der Waals surface area contributed by atoms with Crippen molar-refractivity contribution in [3.8, 4) is 11.5 Å². The highest BCUT2D eigenvalue weighted by molar-refractivity contribution is 7.92. The van der Waals surface area contributed by atoms with Gasteiger partial charge in [0.15, 0.2) is 9.84 Å². The minimum absolute atomic E-state index is 0.00523. The van der Waals surface area contributed by atoms with Gasteiger partial charge >= 0.3 is 0 Å². The lowest BCUT2D eigenvalue weighted by Crippen LogP contribution is -2.34. The molecule has 2 aromatic rings. The van der Waals surface area contributed by atoms with Gasteiger partial charge in [0.05, 0.1) is 10.6 Å². The van der Waals surface area contributed by atoms with Gasteiger partial charge in [-0.3, -0.25) is 0 Å². The van der Waals surface area contributed by atoms with Gasteiger partial charge in [-0.15, -0.1) is 0 Å². The largest absolute Gasteiger partial charge is 0.508 e. The van der Waals surface area contributed by atoms with Gasteiger partial charge in [0.25, 0.3) is 0 Å². The molecule has 3 N–H and O–H groups in total. The van der Waals surface area contributed by atoms with E-state index in [2.05, 4.69) is 12.2 Å². The molecule has 0 amide bonds. The number of sulfone groups is 1. The van der Waals surface area contributed by atoms with E-state index in [1.807, 2.05) is 6.92 Å². The zero-order valence-corrected chi connectivity index (χ0v) is 16.1. The summed E-state index contributed by atoms with van der Waals surface area (Å²) in [7, 11) is -3.71. The van der Waals surface area contributed by atoms with E-state index in [9.17, 15) is 18.6 Å². The number of phenols is 2. The molecule has 6 heteroatoms. The highest BCUT2D eigenvalue weighted by Gasteiger charge is 2.31. The van der Waals surface area contributed by atoms with Gasteiger partial charge in [-0.05, 0) is 54.2 Å². The first-order chi connectivity index (χ1) is 12.1. The quantitative estimate of drug-likeness (QED) is 0.636. The number of para-hydroxylation sites is 1. The number of rotatable bonds is 7. The Labute approximate surface area is 155 Å². The van der Waals surface area contributed by atoms with Crippen molar-refractivity contribution in [1.29, 1.82) is 0 Å². The van der Waals surface area contributed by atoms with E-state index in [4.69, 9.17) is 0 Å². The van der Waals surface area contributed by atoms with Crippen molar-refractivity contribution in [2.75, 3.05) is 5.32 Å². The Morgan fingerprint density at radius 3 is 2.19 bits per heavy atom. The van der Waals surface area contributed by atoms with Crippen LogP contribution in [0.5, 0.6) is 11.5 Å². The van der Waals surface area contributed by atoms with Gasteiger partial charge in [0.2, 0.25) is 0 Å². The monoisotopic (exact) mass is 376 g/mol. The van der Waals surface area contributed by atoms with Crippen LogP contribution in [0.15, 0.2) is 47.4 Å². The van der Waals surface area contributed by atoms with Gasteiger partial charge in [-0.25, -0.2) is 8.42 Å². The molecule has 0 aliphatic carbocycles. The van der Waals surface area contributed by atoms with E-state index in [0.717, 1.165) is 5.56 Å². The van der Waals surface area contributed by atoms with Crippen LogP contribution in [-0.2, 0) is 16.3 Å². The third-order valence-corrected chi connectivity index (χ3v) is 6.35. The van der Waals surface area contributed by atoms with Crippen LogP contribution in [0.1, 0.15) is 26.3 Å². The lowest BCUT2D eigenvalue weighted by Gasteiger charge is -2.25. The van der Waals surface area contributed by atoms with E-state index in [-0.39, 0.29) is 28.2 Å². The number of hydrogen-bond acceptors (Lipinski definition) is 5. The Morgan fingerprint density at radius 2 is 1.65 bits per heavy atom. The van der Waals surface area contributed by atoms with Gasteiger partial charge in [0, 0.05) is 0 Å². The highest BCUT2D eigenvalue weighted by Crippen LogP contribution is 2.32. The number of phenolic OH excluding ortho intramolecular Hbond substituents is 2. The summed E-state index contributed by atoms with van der Waals surface area (Å²) in [5.41, 5.74) is 1.10. The van der Waals surface area contributed by atoms with Crippen molar-refractivity contribution in [2.45, 2.75) is 37.5 Å². The smallest absolute Gasteiger partial charge is 0.199 e. The molecule has 5 nitrogen and oxygen atoms in total. The Bertz CT molecular complexity index is 843. The summed E-state index contributed by atoms with van der Waals surface area (Å²) in [6, 6.07) is 10.7. The van der Waals surface area contributed by atoms with Crippen molar-refractivity contribution >= 4 is 15.5 Å². The number of hydrogen-bond donors (Lipinski definition) is 3. The van der Waals surface area contributed by atoms with Gasteiger partial charge in [-0.2, -0.15) is 0 Å². The normalized spacial score (nSPS) is 13.2. The average Bonchev–Trinajstić information content (AvgIpc) is 2.55. The molecule has 26 heavy (non-hydrogen) atoms. The van der Waals surface area contributed by atoms with Crippen LogP contribution in [0.4, 0.5) is 5.69 Å². The molecule has 2 rings (SSSR count). The molecule has 0 spiro atoms. The van der Waals surface area contributed by atoms with Crippen LogP contribution >= 0.6 is 0 Å². The second-order valence-electron chi connectivity index (χ2n) is 6.97. The first-order valence-corrected chi connectivity index (χ1v) is 10.1. The lowest BCUT2D eigenvalue weighted by molar-refractivity contribution is 0.465. The summed E-state index contributed by atoms with van der Waals surface area (Å²) in [5.74, 6) is -0.0680. The zero-order valence-electron chi connectivity index (χ0n) is 15.3. The molecule has 0 saturated carbocycles. The first kappa shape index (κ1) is 20.1. The Hall–Kier alpha value is -2.21. The molecule has 2 atom stereocenters. The van der Waals surface area contributed by atoms with Crippen LogP contribution in [0.3, 0.4) is 0 Å². The molecule has 0 aliphatic heterocycles. The fourth-order valence-electron chi connectivity index (χ4n) is 2.79. The highest BCUT2D eigenvalue weighted by atomic mass is 32.2. The molecule has 0 bridgehead atoms. The predicted octanol–water partition coefficient (Wildman–Crippen LogP) is 3.98. The SMILES string of the molecule is [CH2][C@H](C)Cc1cccc(N[C@H](C(C)C)S(=O)(=O)c2ccc(O)cc2)c1O. The summed E-state index contributed by atoms with van der Waals surface area (Å²) in [6.45, 7) is 9.48. The lowest BCUT2D eigenvalue weighted by atomic mass is 10.0. The predicted molar refractivity (Wildman–Crippen MR) is 104 cm³/mol. The maximum absolute atomic E-state index is 13.0. The fraction of sp³-hybridized carbons (Fsp3) is 0.350. The minimum Gasteiger partial charge on any atom is -0.508 e. The third-order valence-electron chi connectivity index (χ3n) is 4.09. The molecule has 0 unspecified atom stereocenters. The van der Waals surface area contributed by atoms with E-state index in [0.29, 0.717) is 12.1 Å². The fourth-order valence-corrected chi connectivity index (χ4v) is 4.59. The standard InChI is InChI=1S/C20H26NO4S/c1-13(2)12-15-6-5-7-18(19(15)23)21-20(14(3)4)26(24,25)17-10-8-16(22)9-11-17/h5-11,13-14,20-23H,1,12H2,2-4H3/t13-,20+/m1/s1. The summed E-state index contributed by atoms with van der Waals surface area (Å²) < 4.78 is 26.1. The maximum atomic E-state index is 13.0.